The third-order valence-corrected chi connectivity index (χ3v) is 23.6. The van der Waals surface area contributed by atoms with Gasteiger partial charge >= 0.3 is 0 Å². The maximum atomic E-state index is 2.47. The van der Waals surface area contributed by atoms with E-state index in [1.165, 1.54) is 161 Å². The van der Waals surface area contributed by atoms with Crippen molar-refractivity contribution >= 4 is 137 Å². The van der Waals surface area contributed by atoms with Crippen LogP contribution in [0.25, 0.3) is 88.6 Å². The highest BCUT2D eigenvalue weighted by Crippen LogP contribution is 2.49. The first kappa shape index (κ1) is 52.3. The van der Waals surface area contributed by atoms with Crippen LogP contribution in [-0.2, 0) is 0 Å². The molecule has 0 saturated heterocycles. The van der Waals surface area contributed by atoms with Gasteiger partial charge in [0.15, 0.2) is 0 Å². The van der Waals surface area contributed by atoms with Crippen molar-refractivity contribution in [3.8, 4) is 45.0 Å². The fourth-order valence-corrected chi connectivity index (χ4v) is 19.7. The number of aromatic nitrogens is 4. The second kappa shape index (κ2) is 21.0. The summed E-state index contributed by atoms with van der Waals surface area (Å²) >= 11 is 7.71. The minimum atomic E-state index is 0.180. The van der Waals surface area contributed by atoms with Crippen LogP contribution in [0.1, 0.15) is 0 Å². The van der Waals surface area contributed by atoms with Crippen molar-refractivity contribution in [2.75, 3.05) is 0 Å². The van der Waals surface area contributed by atoms with Crippen molar-refractivity contribution < 1.29 is 0 Å². The first-order valence-electron chi connectivity index (χ1n) is 30.6. The van der Waals surface area contributed by atoms with Gasteiger partial charge in [-0.1, -0.05) is 239 Å². The predicted molar refractivity (Wildman–Crippen MR) is 383 cm³/mol. The van der Waals surface area contributed by atoms with Crippen LogP contribution in [0.5, 0.6) is 0 Å². The lowest BCUT2D eigenvalue weighted by molar-refractivity contribution is 1.03. The lowest BCUT2D eigenvalue weighted by Crippen LogP contribution is -2.58. The van der Waals surface area contributed by atoms with Gasteiger partial charge in [-0.15, -0.1) is 0 Å². The fraction of sp³-hybridized carbons (Fsp3) is 0. The Morgan fingerprint density at radius 2 is 0.533 bits per heavy atom. The van der Waals surface area contributed by atoms with Crippen molar-refractivity contribution in [1.82, 2.24) is 18.3 Å². The van der Waals surface area contributed by atoms with E-state index in [0.29, 0.717) is 0 Å². The number of fused-ring (bicyclic) bond motifs is 12. The Morgan fingerprint density at radius 3 is 0.900 bits per heavy atom. The molecular formula is C80H50B2N4S4. The van der Waals surface area contributed by atoms with E-state index in [1.807, 2.05) is 47.0 Å². The van der Waals surface area contributed by atoms with E-state index in [0.717, 1.165) is 0 Å². The summed E-state index contributed by atoms with van der Waals surface area (Å²) in [7, 11) is 0. The molecule has 0 amide bonds. The molecule has 0 saturated carbocycles. The SMILES string of the molecule is c1ccc2c(c1)Sc1c(-c3ccc(-n4ccc5ccccc54)cc3)cc(-c3ccc(-n4ccc5ccccc54)cc3)c3c1B2c1ccccc1S3.c1ccc2c(c1)Sc1c(-n3ccc4ccccc43)cc(-n3ccc4ccccc43)c3c1B2c1ccccc1S3. The second-order valence-corrected chi connectivity index (χ2v) is 27.7. The van der Waals surface area contributed by atoms with Gasteiger partial charge in [0.1, 0.15) is 0 Å². The first-order chi connectivity index (χ1) is 44.6. The maximum Gasteiger partial charge on any atom is 0.247 e. The molecule has 420 valence electrons. The van der Waals surface area contributed by atoms with Crippen LogP contribution in [0.3, 0.4) is 0 Å². The summed E-state index contributed by atoms with van der Waals surface area (Å²) < 4.78 is 9.35. The number of hydrogen-bond donors (Lipinski definition) is 0. The van der Waals surface area contributed by atoms with Gasteiger partial charge < -0.3 is 18.3 Å². The van der Waals surface area contributed by atoms with Gasteiger partial charge in [-0.25, -0.2) is 0 Å². The Balaban J connectivity index is 0.000000134. The molecule has 4 nitrogen and oxygen atoms in total. The van der Waals surface area contributed by atoms with Crippen molar-refractivity contribution in [3.05, 3.63) is 304 Å². The number of hydrogen-bond acceptors (Lipinski definition) is 4. The maximum absolute atomic E-state index is 2.47. The minimum Gasteiger partial charge on any atom is -0.317 e. The molecule has 10 heteroatoms. The normalized spacial score (nSPS) is 13.1. The topological polar surface area (TPSA) is 19.7 Å². The highest BCUT2D eigenvalue weighted by molar-refractivity contribution is 8.02. The third kappa shape index (κ3) is 8.25. The Bertz CT molecular complexity index is 5270. The number of rotatable bonds is 6. The van der Waals surface area contributed by atoms with Crippen LogP contribution >= 0.6 is 47.0 Å². The van der Waals surface area contributed by atoms with Gasteiger partial charge in [-0.05, 0) is 164 Å². The van der Waals surface area contributed by atoms with Gasteiger partial charge in [0.05, 0.1) is 33.4 Å². The third-order valence-electron chi connectivity index (χ3n) is 18.7. The lowest BCUT2D eigenvalue weighted by atomic mass is 9.36. The Labute approximate surface area is 539 Å². The molecule has 0 radical (unpaired) electrons. The minimum absolute atomic E-state index is 0.180. The largest absolute Gasteiger partial charge is 0.317 e. The summed E-state index contributed by atoms with van der Waals surface area (Å²) in [5, 5.41) is 5.01. The molecular weight excluding hydrogens is 1170 g/mol. The van der Waals surface area contributed by atoms with E-state index >= 15 is 0 Å². The zero-order valence-corrected chi connectivity index (χ0v) is 51.7. The van der Waals surface area contributed by atoms with E-state index in [9.17, 15) is 0 Å². The average molecular weight is 1220 g/mol. The molecule has 0 spiro atoms. The van der Waals surface area contributed by atoms with Crippen molar-refractivity contribution in [2.24, 2.45) is 0 Å². The average Bonchev–Trinajstić information content (AvgIpc) is 0.958. The van der Waals surface area contributed by atoms with E-state index in [2.05, 4.69) is 322 Å². The summed E-state index contributed by atoms with van der Waals surface area (Å²) in [5.41, 5.74) is 23.3. The zero-order chi connectivity index (χ0) is 59.0. The van der Waals surface area contributed by atoms with Gasteiger partial charge in [-0.2, -0.15) is 0 Å². The van der Waals surface area contributed by atoms with Gasteiger partial charge in [0.25, 0.3) is 0 Å². The predicted octanol–water partition coefficient (Wildman–Crippen LogP) is 17.4. The van der Waals surface area contributed by atoms with Gasteiger partial charge in [0, 0.05) is 75.3 Å². The summed E-state index contributed by atoms with van der Waals surface area (Å²) in [6.07, 6.45) is 8.82. The zero-order valence-electron chi connectivity index (χ0n) is 48.4. The van der Waals surface area contributed by atoms with Crippen LogP contribution in [-0.4, -0.2) is 31.7 Å². The number of nitrogens with zero attached hydrogens (tertiary/aromatic N) is 4. The number of benzene rings is 12. The lowest BCUT2D eigenvalue weighted by Gasteiger charge is -2.35. The van der Waals surface area contributed by atoms with E-state index < -0.39 is 0 Å². The molecule has 4 aliphatic heterocycles. The molecule has 12 aromatic carbocycles. The van der Waals surface area contributed by atoms with Crippen LogP contribution in [0.15, 0.2) is 343 Å². The monoisotopic (exact) mass is 1220 g/mol. The van der Waals surface area contributed by atoms with Crippen LogP contribution in [0.2, 0.25) is 0 Å². The first-order valence-corrected chi connectivity index (χ1v) is 33.9. The van der Waals surface area contributed by atoms with Crippen molar-refractivity contribution in [3.63, 3.8) is 0 Å². The Kier molecular flexibility index (Phi) is 12.2. The van der Waals surface area contributed by atoms with Crippen LogP contribution in [0, 0.1) is 0 Å². The summed E-state index contributed by atoms with van der Waals surface area (Å²) in [6, 6.07) is 103. The molecule has 0 atom stereocenters. The molecule has 0 unspecified atom stereocenters. The highest BCUT2D eigenvalue weighted by Gasteiger charge is 2.42. The number of para-hydroxylation sites is 4. The van der Waals surface area contributed by atoms with Crippen molar-refractivity contribution in [2.45, 2.75) is 39.2 Å². The molecule has 4 aromatic heterocycles. The highest BCUT2D eigenvalue weighted by atomic mass is 32.2. The summed E-state index contributed by atoms with van der Waals surface area (Å²) in [5.74, 6) is 0. The summed E-state index contributed by atoms with van der Waals surface area (Å²) in [4.78, 5) is 10.8. The molecule has 0 bridgehead atoms. The fourth-order valence-electron chi connectivity index (χ4n) is 14.5. The molecule has 4 aliphatic rings. The molecule has 0 fully saturated rings. The standard InChI is InChI=1S/C46H29BN2S2.C34H21BN2S2/c1-5-13-40-32(9-1)25-27-48(40)34-21-17-30(18-22-34)36-29-37(31-19-23-35(24-20-31)49-28-26-33-10-2-6-14-41(33)49)46-44-45(36)50-42-15-7-3-11-38(42)47(44)39-12-4-8-16-43(39)51-46;1-5-13-26-22(9-1)17-19-36(26)28-21-29(37-20-18-23-10-2-6-14-27(23)37)34-32-33(28)38-30-15-7-3-11-24(30)35(32)25-12-4-8-16-31(25)39-34/h1-29H;1-21H. The Hall–Kier alpha value is -9.67. The van der Waals surface area contributed by atoms with Gasteiger partial charge in [-0.3, -0.25) is 0 Å². The van der Waals surface area contributed by atoms with E-state index in [1.54, 1.807) is 0 Å². The molecule has 16 aromatic rings. The van der Waals surface area contributed by atoms with E-state index in [4.69, 9.17) is 0 Å². The molecule has 0 N–H and O–H groups in total. The Morgan fingerprint density at radius 1 is 0.244 bits per heavy atom. The molecule has 0 aliphatic carbocycles. The quantitative estimate of drug-likeness (QED) is 0.155. The van der Waals surface area contributed by atoms with Crippen LogP contribution in [0.4, 0.5) is 0 Å². The van der Waals surface area contributed by atoms with Crippen molar-refractivity contribution in [1.29, 1.82) is 0 Å². The molecule has 8 heterocycles. The molecule has 90 heavy (non-hydrogen) atoms. The molecule has 20 rings (SSSR count). The van der Waals surface area contributed by atoms with Gasteiger partial charge in [0.2, 0.25) is 13.4 Å². The smallest absolute Gasteiger partial charge is 0.247 e. The second-order valence-electron chi connectivity index (χ2n) is 23.5. The van der Waals surface area contributed by atoms with E-state index in [-0.39, 0.29) is 13.4 Å². The van der Waals surface area contributed by atoms with Crippen LogP contribution < -0.4 is 32.8 Å². The summed E-state index contributed by atoms with van der Waals surface area (Å²) in [6.45, 7) is 0.381.